The summed E-state index contributed by atoms with van der Waals surface area (Å²) in [6.07, 6.45) is 2.81. The number of carboxylic acid groups (broad SMARTS) is 1. The minimum absolute atomic E-state index is 0.225. The number of aromatic nitrogens is 1. The lowest BCUT2D eigenvalue weighted by molar-refractivity contribution is -0.143. The van der Waals surface area contributed by atoms with Gasteiger partial charge in [-0.05, 0) is 49.9 Å². The molecule has 1 unspecified atom stereocenters. The Hall–Kier alpha value is -3.09. The zero-order chi connectivity index (χ0) is 19.4. The van der Waals surface area contributed by atoms with E-state index >= 15 is 0 Å². The molecule has 2 N–H and O–H groups in total. The van der Waals surface area contributed by atoms with Gasteiger partial charge in [0.15, 0.2) is 0 Å². The summed E-state index contributed by atoms with van der Waals surface area (Å²) in [4.78, 5) is 29.3. The standard InChI is InChI=1S/C20H23N3O4/c1-13-5-3-7-17(14(13)2)27-18-9-8-16(11-21-18)22-20(26)23-10-4-6-15(12-23)19(24)25/h3,5,7-9,11,15H,4,6,10,12H2,1-2H3,(H,22,26)(H,24,25). The number of carboxylic acids is 1. The average Bonchev–Trinajstić information content (AvgIpc) is 2.67. The maximum Gasteiger partial charge on any atom is 0.321 e. The minimum Gasteiger partial charge on any atom is -0.481 e. The summed E-state index contributed by atoms with van der Waals surface area (Å²) in [5, 5.41) is 11.9. The number of anilines is 1. The van der Waals surface area contributed by atoms with Crippen molar-refractivity contribution in [2.24, 2.45) is 5.92 Å². The van der Waals surface area contributed by atoms with E-state index in [1.54, 1.807) is 12.1 Å². The van der Waals surface area contributed by atoms with Gasteiger partial charge in [-0.1, -0.05) is 12.1 Å². The van der Waals surface area contributed by atoms with Crippen LogP contribution in [-0.4, -0.2) is 40.1 Å². The molecule has 7 nitrogen and oxygen atoms in total. The van der Waals surface area contributed by atoms with Crippen molar-refractivity contribution in [1.82, 2.24) is 9.88 Å². The molecule has 2 aromatic rings. The molecule has 0 spiro atoms. The Morgan fingerprint density at radius 1 is 1.26 bits per heavy atom. The number of benzene rings is 1. The lowest BCUT2D eigenvalue weighted by Gasteiger charge is -2.30. The number of aryl methyl sites for hydroxylation is 1. The number of likely N-dealkylation sites (tertiary alicyclic amines) is 1. The molecule has 1 atom stereocenters. The van der Waals surface area contributed by atoms with E-state index in [4.69, 9.17) is 9.84 Å². The van der Waals surface area contributed by atoms with Crippen molar-refractivity contribution in [1.29, 1.82) is 0 Å². The highest BCUT2D eigenvalue weighted by Crippen LogP contribution is 2.26. The number of carbonyl (C=O) groups excluding carboxylic acids is 1. The average molecular weight is 369 g/mol. The van der Waals surface area contributed by atoms with Crippen molar-refractivity contribution in [3.8, 4) is 11.6 Å². The van der Waals surface area contributed by atoms with E-state index < -0.39 is 11.9 Å². The first-order valence-electron chi connectivity index (χ1n) is 8.93. The first-order chi connectivity index (χ1) is 12.9. The van der Waals surface area contributed by atoms with Crippen molar-refractivity contribution in [2.75, 3.05) is 18.4 Å². The van der Waals surface area contributed by atoms with Gasteiger partial charge in [-0.15, -0.1) is 0 Å². The van der Waals surface area contributed by atoms with E-state index in [0.29, 0.717) is 31.0 Å². The molecule has 1 fully saturated rings. The molecule has 2 heterocycles. The molecule has 7 heteroatoms. The summed E-state index contributed by atoms with van der Waals surface area (Å²) in [5.41, 5.74) is 2.72. The van der Waals surface area contributed by atoms with Gasteiger partial charge in [0.05, 0.1) is 17.8 Å². The number of hydrogen-bond donors (Lipinski definition) is 2. The largest absolute Gasteiger partial charge is 0.481 e. The van der Waals surface area contributed by atoms with Crippen LogP contribution < -0.4 is 10.1 Å². The van der Waals surface area contributed by atoms with Gasteiger partial charge < -0.3 is 20.1 Å². The third-order valence-corrected chi connectivity index (χ3v) is 4.81. The Balaban J connectivity index is 1.61. The summed E-state index contributed by atoms with van der Waals surface area (Å²) in [7, 11) is 0. The van der Waals surface area contributed by atoms with Crippen molar-refractivity contribution >= 4 is 17.7 Å². The normalized spacial score (nSPS) is 16.7. The van der Waals surface area contributed by atoms with Crippen LogP contribution in [0, 0.1) is 19.8 Å². The zero-order valence-corrected chi connectivity index (χ0v) is 15.4. The van der Waals surface area contributed by atoms with E-state index in [1.807, 2.05) is 32.0 Å². The Labute approximate surface area is 158 Å². The van der Waals surface area contributed by atoms with Gasteiger partial charge in [-0.2, -0.15) is 0 Å². The molecule has 1 aromatic heterocycles. The molecule has 1 aliphatic rings. The molecule has 0 saturated carbocycles. The summed E-state index contributed by atoms with van der Waals surface area (Å²) in [6.45, 7) is 4.78. The van der Waals surface area contributed by atoms with Crippen molar-refractivity contribution < 1.29 is 19.4 Å². The van der Waals surface area contributed by atoms with Crippen LogP contribution >= 0.6 is 0 Å². The summed E-state index contributed by atoms with van der Waals surface area (Å²) in [5.74, 6) is -0.184. The SMILES string of the molecule is Cc1cccc(Oc2ccc(NC(=O)N3CCCC(C(=O)O)C3)cn2)c1C. The quantitative estimate of drug-likeness (QED) is 0.855. The van der Waals surface area contributed by atoms with E-state index in [2.05, 4.69) is 10.3 Å². The zero-order valence-electron chi connectivity index (χ0n) is 15.4. The van der Waals surface area contributed by atoms with Gasteiger partial charge in [-0.3, -0.25) is 4.79 Å². The predicted octanol–water partition coefficient (Wildman–Crippen LogP) is 3.82. The van der Waals surface area contributed by atoms with Crippen molar-refractivity contribution in [3.63, 3.8) is 0 Å². The second-order valence-corrected chi connectivity index (χ2v) is 6.74. The summed E-state index contributed by atoms with van der Waals surface area (Å²) >= 11 is 0. The molecule has 0 radical (unpaired) electrons. The van der Waals surface area contributed by atoms with Gasteiger partial charge >= 0.3 is 12.0 Å². The van der Waals surface area contributed by atoms with Crippen LogP contribution in [0.4, 0.5) is 10.5 Å². The van der Waals surface area contributed by atoms with Crippen molar-refractivity contribution in [3.05, 3.63) is 47.7 Å². The van der Waals surface area contributed by atoms with Gasteiger partial charge in [0, 0.05) is 19.2 Å². The molecule has 0 aliphatic carbocycles. The second-order valence-electron chi connectivity index (χ2n) is 6.74. The van der Waals surface area contributed by atoms with Crippen LogP contribution in [0.2, 0.25) is 0 Å². The molecule has 27 heavy (non-hydrogen) atoms. The lowest BCUT2D eigenvalue weighted by atomic mass is 9.99. The lowest BCUT2D eigenvalue weighted by Crippen LogP contribution is -2.44. The third kappa shape index (κ3) is 4.55. The van der Waals surface area contributed by atoms with Gasteiger partial charge in [-0.25, -0.2) is 9.78 Å². The number of piperidine rings is 1. The van der Waals surface area contributed by atoms with Crippen molar-refractivity contribution in [2.45, 2.75) is 26.7 Å². The molecule has 2 amide bonds. The van der Waals surface area contributed by atoms with Crippen LogP contribution in [-0.2, 0) is 4.79 Å². The van der Waals surface area contributed by atoms with Gasteiger partial charge in [0.25, 0.3) is 0 Å². The van der Waals surface area contributed by atoms with Crippen LogP contribution in [0.3, 0.4) is 0 Å². The fraction of sp³-hybridized carbons (Fsp3) is 0.350. The van der Waals surface area contributed by atoms with E-state index in [1.165, 1.54) is 11.1 Å². The van der Waals surface area contributed by atoms with Crippen LogP contribution in [0.15, 0.2) is 36.5 Å². The Bertz CT molecular complexity index is 836. The molecule has 0 bridgehead atoms. The number of urea groups is 1. The molecule has 142 valence electrons. The number of nitrogens with zero attached hydrogens (tertiary/aromatic N) is 2. The number of ether oxygens (including phenoxy) is 1. The second kappa shape index (κ2) is 8.07. The summed E-state index contributed by atoms with van der Waals surface area (Å²) in [6, 6.07) is 8.91. The van der Waals surface area contributed by atoms with E-state index in [-0.39, 0.29) is 12.6 Å². The third-order valence-electron chi connectivity index (χ3n) is 4.81. The van der Waals surface area contributed by atoms with E-state index in [0.717, 1.165) is 16.9 Å². The topological polar surface area (TPSA) is 91.8 Å². The highest BCUT2D eigenvalue weighted by atomic mass is 16.5. The van der Waals surface area contributed by atoms with Crippen LogP contribution in [0.25, 0.3) is 0 Å². The minimum atomic E-state index is -0.859. The summed E-state index contributed by atoms with van der Waals surface area (Å²) < 4.78 is 5.81. The van der Waals surface area contributed by atoms with Crippen LogP contribution in [0.5, 0.6) is 11.6 Å². The smallest absolute Gasteiger partial charge is 0.321 e. The van der Waals surface area contributed by atoms with Crippen LogP contribution in [0.1, 0.15) is 24.0 Å². The number of hydrogen-bond acceptors (Lipinski definition) is 4. The number of aliphatic carboxylic acids is 1. The fourth-order valence-electron chi connectivity index (χ4n) is 3.03. The molecular formula is C20H23N3O4. The molecule has 3 rings (SSSR count). The maximum absolute atomic E-state index is 12.4. The molecule has 1 aliphatic heterocycles. The monoisotopic (exact) mass is 369 g/mol. The molecular weight excluding hydrogens is 346 g/mol. The number of carbonyl (C=O) groups is 2. The molecule has 1 aromatic carbocycles. The first kappa shape index (κ1) is 18.7. The molecule has 1 saturated heterocycles. The Morgan fingerprint density at radius 3 is 2.78 bits per heavy atom. The number of pyridine rings is 1. The van der Waals surface area contributed by atoms with E-state index in [9.17, 15) is 9.59 Å². The number of nitrogens with one attached hydrogen (secondary N) is 1. The first-order valence-corrected chi connectivity index (χ1v) is 8.93. The fourth-order valence-corrected chi connectivity index (χ4v) is 3.03. The Kier molecular flexibility index (Phi) is 5.59. The predicted molar refractivity (Wildman–Crippen MR) is 101 cm³/mol. The Morgan fingerprint density at radius 2 is 2.07 bits per heavy atom. The number of amides is 2. The van der Waals surface area contributed by atoms with Gasteiger partial charge in [0.1, 0.15) is 5.75 Å². The van der Waals surface area contributed by atoms with Gasteiger partial charge in [0.2, 0.25) is 5.88 Å². The number of rotatable bonds is 4. The maximum atomic E-state index is 12.4. The highest BCUT2D eigenvalue weighted by Gasteiger charge is 2.28. The highest BCUT2D eigenvalue weighted by molar-refractivity contribution is 5.89.